The summed E-state index contributed by atoms with van der Waals surface area (Å²) in [6.45, 7) is 4.46. The summed E-state index contributed by atoms with van der Waals surface area (Å²) in [7, 11) is 0. The topological polar surface area (TPSA) is 88.2 Å². The van der Waals surface area contributed by atoms with E-state index in [1.807, 2.05) is 18.2 Å². The van der Waals surface area contributed by atoms with Crippen molar-refractivity contribution in [2.75, 3.05) is 26.3 Å². The average molecular weight is 468 g/mol. The van der Waals surface area contributed by atoms with E-state index in [1.54, 1.807) is 4.90 Å². The van der Waals surface area contributed by atoms with Gasteiger partial charge in [-0.15, -0.1) is 0 Å². The number of imide groups is 1. The molecule has 1 aromatic rings. The molecule has 34 heavy (non-hydrogen) atoms. The highest BCUT2D eigenvalue weighted by atomic mass is 16.5. The smallest absolute Gasteiger partial charge is 0.255 e. The molecule has 0 radical (unpaired) electrons. The van der Waals surface area contributed by atoms with Crippen LogP contribution < -0.4 is 10.1 Å². The predicted octanol–water partition coefficient (Wildman–Crippen LogP) is 2.25. The number of nitrogens with zero attached hydrogens (tertiary/aromatic N) is 2. The number of rotatable bonds is 4. The van der Waals surface area contributed by atoms with Gasteiger partial charge < -0.3 is 14.4 Å². The van der Waals surface area contributed by atoms with Crippen molar-refractivity contribution in [3.8, 4) is 5.75 Å². The minimum atomic E-state index is -0.589. The van der Waals surface area contributed by atoms with Gasteiger partial charge in [-0.2, -0.15) is 0 Å². The van der Waals surface area contributed by atoms with E-state index in [0.717, 1.165) is 44.0 Å². The van der Waals surface area contributed by atoms with Crippen LogP contribution in [-0.4, -0.2) is 72.0 Å². The summed E-state index contributed by atoms with van der Waals surface area (Å²) in [6.07, 6.45) is 7.80. The maximum Gasteiger partial charge on any atom is 0.255 e. The van der Waals surface area contributed by atoms with E-state index in [2.05, 4.69) is 10.2 Å². The van der Waals surface area contributed by atoms with Gasteiger partial charge in [-0.3, -0.25) is 24.6 Å². The SMILES string of the molecule is O=C1CCC(N2Cc3cc(O[C@@H]4CCC[C@H]4N4CCC5(CCOCC5)C4)ccc3C2=O)C(=O)N1. The first-order chi connectivity index (χ1) is 16.5. The number of fused-ring (bicyclic) bond motifs is 1. The van der Waals surface area contributed by atoms with Crippen molar-refractivity contribution >= 4 is 17.7 Å². The average Bonchev–Trinajstić information content (AvgIpc) is 3.53. The lowest BCUT2D eigenvalue weighted by atomic mass is 9.79. The van der Waals surface area contributed by atoms with Crippen LogP contribution in [0.2, 0.25) is 0 Å². The van der Waals surface area contributed by atoms with Crippen LogP contribution in [0.25, 0.3) is 0 Å². The van der Waals surface area contributed by atoms with Crippen LogP contribution >= 0.6 is 0 Å². The summed E-state index contributed by atoms with van der Waals surface area (Å²) >= 11 is 0. The van der Waals surface area contributed by atoms with Gasteiger partial charge in [0.15, 0.2) is 0 Å². The number of ether oxygens (including phenoxy) is 2. The summed E-state index contributed by atoms with van der Waals surface area (Å²) in [5.74, 6) is 0.00529. The number of piperidine rings is 1. The van der Waals surface area contributed by atoms with Crippen LogP contribution in [0, 0.1) is 5.41 Å². The number of nitrogens with one attached hydrogen (secondary N) is 1. The fraction of sp³-hybridized carbons (Fsp3) is 0.654. The highest BCUT2D eigenvalue weighted by Crippen LogP contribution is 2.43. The Morgan fingerprint density at radius 3 is 2.74 bits per heavy atom. The molecule has 3 amide bonds. The van der Waals surface area contributed by atoms with Gasteiger partial charge in [0, 0.05) is 44.3 Å². The quantitative estimate of drug-likeness (QED) is 0.684. The van der Waals surface area contributed by atoms with Gasteiger partial charge in [0.25, 0.3) is 5.91 Å². The molecule has 0 aromatic heterocycles. The Morgan fingerprint density at radius 1 is 1.06 bits per heavy atom. The summed E-state index contributed by atoms with van der Waals surface area (Å²) < 4.78 is 12.1. The molecule has 1 N–H and O–H groups in total. The summed E-state index contributed by atoms with van der Waals surface area (Å²) in [5.41, 5.74) is 1.95. The number of carbonyl (C=O) groups is 3. The molecular formula is C26H33N3O5. The van der Waals surface area contributed by atoms with Crippen molar-refractivity contribution in [2.24, 2.45) is 5.41 Å². The zero-order valence-electron chi connectivity index (χ0n) is 19.6. The van der Waals surface area contributed by atoms with Crippen LogP contribution in [0.4, 0.5) is 0 Å². The molecular weight excluding hydrogens is 434 g/mol. The highest BCUT2D eigenvalue weighted by molar-refractivity contribution is 6.05. The van der Waals surface area contributed by atoms with Crippen molar-refractivity contribution in [1.29, 1.82) is 0 Å². The maximum absolute atomic E-state index is 13.0. The van der Waals surface area contributed by atoms with Gasteiger partial charge in [0.05, 0.1) is 0 Å². The molecule has 182 valence electrons. The van der Waals surface area contributed by atoms with E-state index in [-0.39, 0.29) is 30.2 Å². The fourth-order valence-corrected chi connectivity index (χ4v) is 6.73. The Hall–Kier alpha value is -2.45. The lowest BCUT2D eigenvalue weighted by Crippen LogP contribution is -2.52. The summed E-state index contributed by atoms with van der Waals surface area (Å²) in [4.78, 5) is 41.0. The molecule has 8 heteroatoms. The Labute approximate surface area is 199 Å². The molecule has 4 fully saturated rings. The second kappa shape index (κ2) is 8.64. The first kappa shape index (κ1) is 22.0. The van der Waals surface area contributed by atoms with Crippen molar-refractivity contribution in [1.82, 2.24) is 15.1 Å². The molecule has 1 aromatic carbocycles. The standard InChI is InChI=1S/C26H33N3O5/c30-23-7-6-21(24(31)27-23)29-15-17-14-18(4-5-19(17)25(29)32)34-22-3-1-2-20(22)28-11-8-26(16-28)9-12-33-13-10-26/h4-5,14,20-22H,1-3,6-13,15-16H2,(H,27,30,31)/t20-,21?,22-/m1/s1. The normalized spacial score (nSPS) is 31.2. The molecule has 6 rings (SSSR count). The molecule has 1 aliphatic carbocycles. The first-order valence-corrected chi connectivity index (χ1v) is 12.8. The molecule has 4 heterocycles. The number of amides is 3. The lowest BCUT2D eigenvalue weighted by molar-refractivity contribution is -0.136. The van der Waals surface area contributed by atoms with Gasteiger partial charge in [0.1, 0.15) is 17.9 Å². The van der Waals surface area contributed by atoms with E-state index >= 15 is 0 Å². The van der Waals surface area contributed by atoms with Crippen LogP contribution in [0.1, 0.15) is 67.3 Å². The zero-order chi connectivity index (χ0) is 23.3. The van der Waals surface area contributed by atoms with E-state index in [4.69, 9.17) is 9.47 Å². The largest absolute Gasteiger partial charge is 0.489 e. The van der Waals surface area contributed by atoms with Gasteiger partial charge in [-0.25, -0.2) is 0 Å². The molecule has 8 nitrogen and oxygen atoms in total. The minimum absolute atomic E-state index is 0.145. The van der Waals surface area contributed by atoms with Crippen molar-refractivity contribution < 1.29 is 23.9 Å². The van der Waals surface area contributed by atoms with Crippen LogP contribution in [0.5, 0.6) is 5.75 Å². The Balaban J connectivity index is 1.13. The monoisotopic (exact) mass is 467 g/mol. The molecule has 5 aliphatic rings. The summed E-state index contributed by atoms with van der Waals surface area (Å²) in [5, 5.41) is 2.36. The van der Waals surface area contributed by atoms with Crippen molar-refractivity contribution in [3.05, 3.63) is 29.3 Å². The van der Waals surface area contributed by atoms with Crippen molar-refractivity contribution in [3.63, 3.8) is 0 Å². The Morgan fingerprint density at radius 2 is 1.91 bits per heavy atom. The molecule has 3 atom stereocenters. The van der Waals surface area contributed by atoms with E-state index < -0.39 is 6.04 Å². The highest BCUT2D eigenvalue weighted by Gasteiger charge is 2.45. The number of likely N-dealkylation sites (tertiary alicyclic amines) is 1. The maximum atomic E-state index is 13.0. The molecule has 1 saturated carbocycles. The van der Waals surface area contributed by atoms with Gasteiger partial charge in [-0.05, 0) is 80.7 Å². The number of hydrogen-bond acceptors (Lipinski definition) is 6. The van der Waals surface area contributed by atoms with E-state index in [0.29, 0.717) is 30.0 Å². The van der Waals surface area contributed by atoms with Gasteiger partial charge in [0.2, 0.25) is 11.8 Å². The minimum Gasteiger partial charge on any atom is -0.489 e. The lowest BCUT2D eigenvalue weighted by Gasteiger charge is -2.35. The third kappa shape index (κ3) is 3.90. The number of carbonyl (C=O) groups excluding carboxylic acids is 3. The van der Waals surface area contributed by atoms with Gasteiger partial charge in [-0.1, -0.05) is 0 Å². The zero-order valence-corrected chi connectivity index (χ0v) is 19.6. The summed E-state index contributed by atoms with van der Waals surface area (Å²) in [6, 6.07) is 5.55. The van der Waals surface area contributed by atoms with Crippen LogP contribution in [0.15, 0.2) is 18.2 Å². The second-order valence-corrected chi connectivity index (χ2v) is 10.7. The van der Waals surface area contributed by atoms with Crippen LogP contribution in [0.3, 0.4) is 0 Å². The Kier molecular flexibility index (Phi) is 5.60. The Bertz CT molecular complexity index is 1000. The fourth-order valence-electron chi connectivity index (χ4n) is 6.73. The second-order valence-electron chi connectivity index (χ2n) is 10.7. The third-order valence-corrected chi connectivity index (χ3v) is 8.69. The van der Waals surface area contributed by atoms with Crippen LogP contribution in [-0.2, 0) is 20.9 Å². The molecule has 1 unspecified atom stereocenters. The number of benzene rings is 1. The molecule has 1 spiro atoms. The molecule has 4 aliphatic heterocycles. The van der Waals surface area contributed by atoms with Gasteiger partial charge >= 0.3 is 0 Å². The predicted molar refractivity (Wildman–Crippen MR) is 123 cm³/mol. The number of hydrogen-bond donors (Lipinski definition) is 1. The third-order valence-electron chi connectivity index (χ3n) is 8.69. The molecule has 0 bridgehead atoms. The van der Waals surface area contributed by atoms with E-state index in [1.165, 1.54) is 32.1 Å². The van der Waals surface area contributed by atoms with E-state index in [9.17, 15) is 14.4 Å². The molecule has 3 saturated heterocycles. The first-order valence-electron chi connectivity index (χ1n) is 12.8. The van der Waals surface area contributed by atoms with Crippen molar-refractivity contribution in [2.45, 2.75) is 76.1 Å².